The third-order valence-corrected chi connectivity index (χ3v) is 2.79. The van der Waals surface area contributed by atoms with E-state index in [1.54, 1.807) is 36.4 Å². The average molecular weight is 262 g/mol. The van der Waals surface area contributed by atoms with Crippen LogP contribution in [0.2, 0.25) is 0 Å². The molecule has 1 aromatic rings. The number of esters is 1. The van der Waals surface area contributed by atoms with Gasteiger partial charge in [-0.3, -0.25) is 4.79 Å². The highest BCUT2D eigenvalue weighted by molar-refractivity contribution is 5.97. The van der Waals surface area contributed by atoms with E-state index in [2.05, 4.69) is 0 Å². The molecule has 2 rings (SSSR count). The first-order chi connectivity index (χ1) is 9.18. The Labute approximate surface area is 110 Å². The Hall–Kier alpha value is -1.98. The van der Waals surface area contributed by atoms with Crippen molar-refractivity contribution in [2.75, 3.05) is 20.3 Å². The molecule has 5 nitrogen and oxygen atoms in total. The van der Waals surface area contributed by atoms with Crippen molar-refractivity contribution in [3.63, 3.8) is 0 Å². The van der Waals surface area contributed by atoms with Gasteiger partial charge in [0.25, 0.3) is 5.79 Å². The molecule has 1 aromatic carbocycles. The normalized spacial score (nSPS) is 22.3. The van der Waals surface area contributed by atoms with Crippen LogP contribution in [0, 0.1) is 0 Å². The van der Waals surface area contributed by atoms with Gasteiger partial charge >= 0.3 is 5.97 Å². The number of hydrogen-bond acceptors (Lipinski definition) is 5. The molecule has 1 atom stereocenters. The Morgan fingerprint density at radius 3 is 2.74 bits per heavy atom. The van der Waals surface area contributed by atoms with E-state index in [0.29, 0.717) is 5.56 Å². The summed E-state index contributed by atoms with van der Waals surface area (Å²) in [7, 11) is 1.34. The molecule has 0 bridgehead atoms. The van der Waals surface area contributed by atoms with Crippen LogP contribution in [0.25, 0.3) is 0 Å². The Bertz CT molecular complexity index is 494. The van der Waals surface area contributed by atoms with Gasteiger partial charge in [-0.2, -0.15) is 0 Å². The van der Waals surface area contributed by atoms with Crippen LogP contribution < -0.4 is 0 Å². The Morgan fingerprint density at radius 2 is 2.11 bits per heavy atom. The SMILES string of the molecule is CO[C@]1(COC(=O)c2ccccc2)OCC=CC1=O. The lowest BCUT2D eigenvalue weighted by Crippen LogP contribution is -2.49. The summed E-state index contributed by atoms with van der Waals surface area (Å²) in [6, 6.07) is 8.52. The van der Waals surface area contributed by atoms with Gasteiger partial charge < -0.3 is 14.2 Å². The number of rotatable bonds is 4. The first kappa shape index (κ1) is 13.5. The number of carbonyl (C=O) groups excluding carboxylic acids is 2. The van der Waals surface area contributed by atoms with E-state index < -0.39 is 11.8 Å². The predicted molar refractivity (Wildman–Crippen MR) is 66.6 cm³/mol. The van der Waals surface area contributed by atoms with E-state index >= 15 is 0 Å². The van der Waals surface area contributed by atoms with Crippen LogP contribution in [-0.4, -0.2) is 37.9 Å². The van der Waals surface area contributed by atoms with E-state index in [9.17, 15) is 9.59 Å². The maximum Gasteiger partial charge on any atom is 0.338 e. The first-order valence-corrected chi connectivity index (χ1v) is 5.80. The van der Waals surface area contributed by atoms with Crippen molar-refractivity contribution in [1.29, 1.82) is 0 Å². The van der Waals surface area contributed by atoms with Crippen molar-refractivity contribution >= 4 is 11.8 Å². The number of ether oxygens (including phenoxy) is 3. The largest absolute Gasteiger partial charge is 0.456 e. The standard InChI is InChI=1S/C14H14O5/c1-17-14(12(15)8-5-9-19-14)10-18-13(16)11-6-3-2-4-7-11/h2-8H,9-10H2,1H3/t14-/m1/s1. The average Bonchev–Trinajstić information content (AvgIpc) is 2.47. The maximum atomic E-state index is 11.8. The van der Waals surface area contributed by atoms with Crippen LogP contribution in [0.3, 0.4) is 0 Å². The highest BCUT2D eigenvalue weighted by Gasteiger charge is 2.41. The fraction of sp³-hybridized carbons (Fsp3) is 0.286. The fourth-order valence-corrected chi connectivity index (χ4v) is 1.69. The molecule has 0 aromatic heterocycles. The molecular weight excluding hydrogens is 248 g/mol. The molecule has 0 aliphatic carbocycles. The Morgan fingerprint density at radius 1 is 1.37 bits per heavy atom. The van der Waals surface area contributed by atoms with Crippen LogP contribution >= 0.6 is 0 Å². The molecule has 1 aliphatic heterocycles. The summed E-state index contributed by atoms with van der Waals surface area (Å²) in [5.74, 6) is -2.43. The van der Waals surface area contributed by atoms with Gasteiger partial charge in [-0.15, -0.1) is 0 Å². The van der Waals surface area contributed by atoms with Crippen LogP contribution in [0.5, 0.6) is 0 Å². The van der Waals surface area contributed by atoms with Crippen molar-refractivity contribution in [1.82, 2.24) is 0 Å². The van der Waals surface area contributed by atoms with Gasteiger partial charge in [-0.25, -0.2) is 4.79 Å². The van der Waals surface area contributed by atoms with Crippen LogP contribution in [0.15, 0.2) is 42.5 Å². The molecule has 0 spiro atoms. The Kier molecular flexibility index (Phi) is 4.09. The zero-order valence-corrected chi connectivity index (χ0v) is 10.5. The molecule has 5 heteroatoms. The summed E-state index contributed by atoms with van der Waals surface area (Å²) in [6.45, 7) is -0.0388. The minimum Gasteiger partial charge on any atom is -0.456 e. The van der Waals surface area contributed by atoms with Gasteiger partial charge in [0.15, 0.2) is 6.61 Å². The predicted octanol–water partition coefficient (Wildman–Crippen LogP) is 1.34. The summed E-state index contributed by atoms with van der Waals surface area (Å²) in [6.07, 6.45) is 2.95. The van der Waals surface area contributed by atoms with Crippen molar-refractivity contribution < 1.29 is 23.8 Å². The van der Waals surface area contributed by atoms with Crippen molar-refractivity contribution in [2.24, 2.45) is 0 Å². The van der Waals surface area contributed by atoms with E-state index in [-0.39, 0.29) is 19.0 Å². The van der Waals surface area contributed by atoms with Gasteiger partial charge in [0.1, 0.15) is 0 Å². The summed E-state index contributed by atoms with van der Waals surface area (Å²) >= 11 is 0. The van der Waals surface area contributed by atoms with E-state index in [4.69, 9.17) is 14.2 Å². The van der Waals surface area contributed by atoms with Gasteiger partial charge in [0.05, 0.1) is 12.2 Å². The zero-order valence-electron chi connectivity index (χ0n) is 10.5. The lowest BCUT2D eigenvalue weighted by molar-refractivity contribution is -0.226. The third-order valence-electron chi connectivity index (χ3n) is 2.79. The summed E-state index contributed by atoms with van der Waals surface area (Å²) in [5, 5.41) is 0. The smallest absolute Gasteiger partial charge is 0.338 e. The van der Waals surface area contributed by atoms with E-state index in [0.717, 1.165) is 0 Å². The topological polar surface area (TPSA) is 61.8 Å². The van der Waals surface area contributed by atoms with E-state index in [1.807, 2.05) is 0 Å². The van der Waals surface area contributed by atoms with Crippen molar-refractivity contribution in [3.05, 3.63) is 48.0 Å². The quantitative estimate of drug-likeness (QED) is 0.766. The molecule has 19 heavy (non-hydrogen) atoms. The second kappa shape index (κ2) is 5.77. The van der Waals surface area contributed by atoms with Crippen LogP contribution in [0.4, 0.5) is 0 Å². The summed E-state index contributed by atoms with van der Waals surface area (Å²) < 4.78 is 15.4. The molecular formula is C14H14O5. The molecule has 0 unspecified atom stereocenters. The fourth-order valence-electron chi connectivity index (χ4n) is 1.69. The Balaban J connectivity index is 2.03. The van der Waals surface area contributed by atoms with Gasteiger partial charge in [0, 0.05) is 7.11 Å². The minimum atomic E-state index is -1.53. The second-order valence-electron chi connectivity index (χ2n) is 3.98. The highest BCUT2D eigenvalue weighted by atomic mass is 16.7. The molecule has 1 aliphatic rings. The number of carbonyl (C=O) groups is 2. The van der Waals surface area contributed by atoms with Crippen LogP contribution in [0.1, 0.15) is 10.4 Å². The number of benzene rings is 1. The number of ketones is 1. The molecule has 0 radical (unpaired) electrons. The molecule has 0 fully saturated rings. The number of methoxy groups -OCH3 is 1. The third kappa shape index (κ3) is 2.89. The van der Waals surface area contributed by atoms with Crippen molar-refractivity contribution in [2.45, 2.75) is 5.79 Å². The molecule has 0 saturated carbocycles. The molecule has 0 saturated heterocycles. The minimum absolute atomic E-state index is 0.239. The molecule has 100 valence electrons. The van der Waals surface area contributed by atoms with Crippen molar-refractivity contribution in [3.8, 4) is 0 Å². The maximum absolute atomic E-state index is 11.8. The van der Waals surface area contributed by atoms with E-state index in [1.165, 1.54) is 13.2 Å². The molecule has 1 heterocycles. The monoisotopic (exact) mass is 262 g/mol. The molecule has 0 amide bonds. The summed E-state index contributed by atoms with van der Waals surface area (Å²) in [4.78, 5) is 23.6. The van der Waals surface area contributed by atoms with Gasteiger partial charge in [0.2, 0.25) is 5.78 Å². The van der Waals surface area contributed by atoms with Crippen LogP contribution in [-0.2, 0) is 19.0 Å². The lowest BCUT2D eigenvalue weighted by atomic mass is 10.1. The number of hydrogen-bond donors (Lipinski definition) is 0. The summed E-state index contributed by atoms with van der Waals surface area (Å²) in [5.41, 5.74) is 0.410. The lowest BCUT2D eigenvalue weighted by Gasteiger charge is -2.30. The van der Waals surface area contributed by atoms with Gasteiger partial charge in [-0.1, -0.05) is 24.3 Å². The first-order valence-electron chi connectivity index (χ1n) is 5.80. The van der Waals surface area contributed by atoms with Gasteiger partial charge in [-0.05, 0) is 18.2 Å². The highest BCUT2D eigenvalue weighted by Crippen LogP contribution is 2.19. The molecule has 0 N–H and O–H groups in total. The zero-order chi connectivity index (χ0) is 13.7. The second-order valence-corrected chi connectivity index (χ2v) is 3.98.